The number of benzene rings is 2. The summed E-state index contributed by atoms with van der Waals surface area (Å²) >= 11 is 6.17. The van der Waals surface area contributed by atoms with Crippen LogP contribution in [0.25, 0.3) is 0 Å². The van der Waals surface area contributed by atoms with Crippen molar-refractivity contribution in [1.29, 1.82) is 0 Å². The Morgan fingerprint density at radius 2 is 1.82 bits per heavy atom. The predicted octanol–water partition coefficient (Wildman–Crippen LogP) is 4.66. The van der Waals surface area contributed by atoms with Gasteiger partial charge in [-0.1, -0.05) is 23.7 Å². The lowest BCUT2D eigenvalue weighted by Gasteiger charge is -2.11. The minimum atomic E-state index is -0.538. The number of esters is 1. The van der Waals surface area contributed by atoms with Gasteiger partial charge in [0.05, 0.1) is 46.5 Å². The molecule has 3 aromatic rings. The minimum Gasteiger partial charge on any atom is -0.465 e. The first-order valence-corrected chi connectivity index (χ1v) is 8.51. The zero-order chi connectivity index (χ0) is 20.1. The lowest BCUT2D eigenvalue weighted by atomic mass is 10.2. The van der Waals surface area contributed by atoms with Gasteiger partial charge in [-0.25, -0.2) is 9.18 Å². The largest absolute Gasteiger partial charge is 0.465 e. The Balaban J connectivity index is 1.81. The van der Waals surface area contributed by atoms with Crippen LogP contribution >= 0.6 is 11.6 Å². The SMILES string of the molecule is COC(=O)c1ccc(Cl)c(Nc2cncc(C(=O)Nc3ccccc3F)c2)c1. The molecule has 3 rings (SSSR count). The van der Waals surface area contributed by atoms with E-state index in [0.717, 1.165) is 0 Å². The number of anilines is 3. The van der Waals surface area contributed by atoms with E-state index in [1.165, 1.54) is 55.9 Å². The number of hydrogen-bond acceptors (Lipinski definition) is 5. The third-order valence-corrected chi connectivity index (χ3v) is 4.12. The van der Waals surface area contributed by atoms with E-state index in [9.17, 15) is 14.0 Å². The van der Waals surface area contributed by atoms with Crippen LogP contribution in [0.3, 0.4) is 0 Å². The number of pyridine rings is 1. The van der Waals surface area contributed by atoms with E-state index in [4.69, 9.17) is 16.3 Å². The number of para-hydroxylation sites is 1. The Labute approximate surface area is 165 Å². The van der Waals surface area contributed by atoms with Gasteiger partial charge in [0.25, 0.3) is 5.91 Å². The van der Waals surface area contributed by atoms with Crippen LogP contribution in [-0.2, 0) is 4.74 Å². The standard InChI is InChI=1S/C20H15ClFN3O3/c1-28-20(27)12-6-7-15(21)18(9-12)24-14-8-13(10-23-11-14)19(26)25-17-5-3-2-4-16(17)22/h2-11,24H,1H3,(H,25,26). The second-order valence-corrected chi connectivity index (χ2v) is 6.11. The summed E-state index contributed by atoms with van der Waals surface area (Å²) in [5.41, 5.74) is 1.51. The lowest BCUT2D eigenvalue weighted by Crippen LogP contribution is -2.13. The highest BCUT2D eigenvalue weighted by molar-refractivity contribution is 6.33. The molecule has 0 unspecified atom stereocenters. The fraction of sp³-hybridized carbons (Fsp3) is 0.0500. The van der Waals surface area contributed by atoms with Crippen molar-refractivity contribution < 1.29 is 18.7 Å². The van der Waals surface area contributed by atoms with Gasteiger partial charge < -0.3 is 15.4 Å². The molecule has 0 saturated heterocycles. The third kappa shape index (κ3) is 4.44. The molecule has 2 N–H and O–H groups in total. The summed E-state index contributed by atoms with van der Waals surface area (Å²) in [4.78, 5) is 28.1. The zero-order valence-corrected chi connectivity index (χ0v) is 15.5. The van der Waals surface area contributed by atoms with Crippen LogP contribution in [-0.4, -0.2) is 24.0 Å². The van der Waals surface area contributed by atoms with Crippen molar-refractivity contribution >= 4 is 40.5 Å². The van der Waals surface area contributed by atoms with Gasteiger partial charge >= 0.3 is 5.97 Å². The summed E-state index contributed by atoms with van der Waals surface area (Å²) in [6, 6.07) is 12.0. The van der Waals surface area contributed by atoms with E-state index in [1.54, 1.807) is 12.1 Å². The number of rotatable bonds is 5. The Hall–Kier alpha value is -3.45. The molecule has 1 amide bonds. The first-order chi connectivity index (χ1) is 13.5. The van der Waals surface area contributed by atoms with Crippen molar-refractivity contribution in [2.45, 2.75) is 0 Å². The molecule has 1 aromatic heterocycles. The Morgan fingerprint density at radius 3 is 2.57 bits per heavy atom. The van der Waals surface area contributed by atoms with Gasteiger partial charge in [-0.2, -0.15) is 0 Å². The molecule has 0 aliphatic rings. The van der Waals surface area contributed by atoms with Gasteiger partial charge in [0.2, 0.25) is 0 Å². The van der Waals surface area contributed by atoms with Gasteiger partial charge in [-0.3, -0.25) is 9.78 Å². The summed E-state index contributed by atoms with van der Waals surface area (Å²) in [5.74, 6) is -1.56. The van der Waals surface area contributed by atoms with Gasteiger partial charge in [-0.05, 0) is 36.4 Å². The number of carbonyl (C=O) groups is 2. The molecule has 0 radical (unpaired) electrons. The van der Waals surface area contributed by atoms with E-state index in [-0.39, 0.29) is 11.3 Å². The maximum atomic E-state index is 13.7. The fourth-order valence-electron chi connectivity index (χ4n) is 2.41. The number of ether oxygens (including phenoxy) is 1. The number of hydrogen-bond donors (Lipinski definition) is 2. The summed E-state index contributed by atoms with van der Waals surface area (Å²) in [7, 11) is 1.28. The average Bonchev–Trinajstić information content (AvgIpc) is 2.71. The Bertz CT molecular complexity index is 1040. The summed E-state index contributed by atoms with van der Waals surface area (Å²) < 4.78 is 18.4. The average molecular weight is 400 g/mol. The number of nitrogens with one attached hydrogen (secondary N) is 2. The summed E-state index contributed by atoms with van der Waals surface area (Å²) in [6.45, 7) is 0. The van der Waals surface area contributed by atoms with Crippen molar-refractivity contribution in [1.82, 2.24) is 4.98 Å². The molecule has 142 valence electrons. The highest BCUT2D eigenvalue weighted by atomic mass is 35.5. The molecule has 6 nitrogen and oxygen atoms in total. The third-order valence-electron chi connectivity index (χ3n) is 3.79. The minimum absolute atomic E-state index is 0.0692. The van der Waals surface area contributed by atoms with Crippen LogP contribution < -0.4 is 10.6 Å². The molecule has 0 aliphatic heterocycles. The monoisotopic (exact) mass is 399 g/mol. The van der Waals surface area contributed by atoms with E-state index < -0.39 is 17.7 Å². The van der Waals surface area contributed by atoms with Crippen molar-refractivity contribution in [3.8, 4) is 0 Å². The van der Waals surface area contributed by atoms with Crippen molar-refractivity contribution in [3.63, 3.8) is 0 Å². The first-order valence-electron chi connectivity index (χ1n) is 8.14. The molecular weight excluding hydrogens is 385 g/mol. The van der Waals surface area contributed by atoms with Gasteiger partial charge in [0, 0.05) is 6.20 Å². The summed E-state index contributed by atoms with van der Waals surface area (Å²) in [5, 5.41) is 5.87. The number of aromatic nitrogens is 1. The molecular formula is C20H15ClFN3O3. The molecule has 2 aromatic carbocycles. The van der Waals surface area contributed by atoms with Gasteiger partial charge in [0.1, 0.15) is 5.82 Å². The lowest BCUT2D eigenvalue weighted by molar-refractivity contribution is 0.0600. The second-order valence-electron chi connectivity index (χ2n) is 5.71. The van der Waals surface area contributed by atoms with E-state index >= 15 is 0 Å². The fourth-order valence-corrected chi connectivity index (χ4v) is 2.58. The number of carbonyl (C=O) groups excluding carboxylic acids is 2. The number of methoxy groups -OCH3 is 1. The normalized spacial score (nSPS) is 10.2. The quantitative estimate of drug-likeness (QED) is 0.610. The van der Waals surface area contributed by atoms with Crippen LogP contribution in [0.4, 0.5) is 21.5 Å². The zero-order valence-electron chi connectivity index (χ0n) is 14.7. The van der Waals surface area contributed by atoms with Gasteiger partial charge in [0.15, 0.2) is 0 Å². The molecule has 0 aliphatic carbocycles. The number of amides is 1. The molecule has 0 fully saturated rings. The Kier molecular flexibility index (Phi) is 5.86. The molecule has 0 spiro atoms. The van der Waals surface area contributed by atoms with Crippen molar-refractivity contribution in [2.24, 2.45) is 0 Å². The van der Waals surface area contributed by atoms with Crippen LogP contribution in [0.5, 0.6) is 0 Å². The molecule has 0 bridgehead atoms. The molecule has 0 saturated carbocycles. The topological polar surface area (TPSA) is 80.3 Å². The van der Waals surface area contributed by atoms with Gasteiger partial charge in [-0.15, -0.1) is 0 Å². The smallest absolute Gasteiger partial charge is 0.337 e. The predicted molar refractivity (Wildman–Crippen MR) is 105 cm³/mol. The number of nitrogens with zero attached hydrogens (tertiary/aromatic N) is 1. The molecule has 0 atom stereocenters. The van der Waals surface area contributed by atoms with Crippen molar-refractivity contribution in [2.75, 3.05) is 17.7 Å². The van der Waals surface area contributed by atoms with E-state index in [1.807, 2.05) is 0 Å². The summed E-state index contributed by atoms with van der Waals surface area (Å²) in [6.07, 6.45) is 2.84. The molecule has 28 heavy (non-hydrogen) atoms. The van der Waals surface area contributed by atoms with E-state index in [2.05, 4.69) is 15.6 Å². The highest BCUT2D eigenvalue weighted by Crippen LogP contribution is 2.27. The first kappa shape index (κ1) is 19.3. The second kappa shape index (κ2) is 8.49. The molecule has 8 heteroatoms. The van der Waals surface area contributed by atoms with Crippen molar-refractivity contribution in [3.05, 3.63) is 82.9 Å². The molecule has 1 heterocycles. The highest BCUT2D eigenvalue weighted by Gasteiger charge is 2.12. The van der Waals surface area contributed by atoms with E-state index in [0.29, 0.717) is 22.0 Å². The Morgan fingerprint density at radius 1 is 1.04 bits per heavy atom. The van der Waals surface area contributed by atoms with Crippen LogP contribution in [0.15, 0.2) is 60.9 Å². The van der Waals surface area contributed by atoms with Crippen LogP contribution in [0.2, 0.25) is 5.02 Å². The van der Waals surface area contributed by atoms with Crippen LogP contribution in [0, 0.1) is 5.82 Å². The number of halogens is 2. The van der Waals surface area contributed by atoms with Crippen LogP contribution in [0.1, 0.15) is 20.7 Å². The maximum absolute atomic E-state index is 13.7. The maximum Gasteiger partial charge on any atom is 0.337 e.